The summed E-state index contributed by atoms with van der Waals surface area (Å²) in [5, 5.41) is 9.59. The molecule has 0 atom stereocenters. The van der Waals surface area contributed by atoms with Crippen molar-refractivity contribution in [1.29, 1.82) is 0 Å². The molecule has 0 bridgehead atoms. The molecule has 134 valence electrons. The van der Waals surface area contributed by atoms with Gasteiger partial charge in [0.2, 0.25) is 0 Å². The zero-order valence-corrected chi connectivity index (χ0v) is 16.4. The van der Waals surface area contributed by atoms with Crippen LogP contribution in [0.2, 0.25) is 5.02 Å². The minimum absolute atomic E-state index is 0.259. The van der Waals surface area contributed by atoms with Crippen molar-refractivity contribution in [3.8, 4) is 5.69 Å². The number of thiocarbonyl (C=S) groups is 1. The first-order valence-corrected chi connectivity index (χ1v) is 9.30. The van der Waals surface area contributed by atoms with E-state index in [-0.39, 0.29) is 10.2 Å². The molecule has 0 radical (unpaired) electrons. The number of carbonyl (C=O) groups is 2. The fourth-order valence-corrected chi connectivity index (χ4v) is 4.21. The van der Waals surface area contributed by atoms with Crippen LogP contribution in [0.1, 0.15) is 17.0 Å². The summed E-state index contributed by atoms with van der Waals surface area (Å²) < 4.78 is 2.33. The molecular formula is C18H15ClN2O3S2. The largest absolute Gasteiger partial charge is 0.480 e. The van der Waals surface area contributed by atoms with Crippen molar-refractivity contribution in [3.05, 3.63) is 57.2 Å². The lowest BCUT2D eigenvalue weighted by Crippen LogP contribution is -2.33. The summed E-state index contributed by atoms with van der Waals surface area (Å²) in [4.78, 5) is 24.9. The first kappa shape index (κ1) is 18.7. The SMILES string of the molecule is Cc1cc(/C=C2\SC(=S)N(CC(=O)O)C2=O)c(C)n1-c1ccc(Cl)cc1. The lowest BCUT2D eigenvalue weighted by Gasteiger charge is -2.10. The number of thioether (sulfide) groups is 1. The maximum Gasteiger partial charge on any atom is 0.323 e. The molecule has 1 N–H and O–H groups in total. The zero-order chi connectivity index (χ0) is 19.0. The first-order valence-electron chi connectivity index (χ1n) is 7.70. The van der Waals surface area contributed by atoms with E-state index < -0.39 is 12.5 Å². The number of hydrogen-bond acceptors (Lipinski definition) is 4. The Balaban J connectivity index is 1.96. The number of aryl methyl sites for hydroxylation is 1. The van der Waals surface area contributed by atoms with Gasteiger partial charge in [0.15, 0.2) is 0 Å². The number of aliphatic carboxylic acids is 1. The number of carbonyl (C=O) groups excluding carboxylic acids is 1. The molecule has 0 aliphatic carbocycles. The second kappa shape index (κ2) is 7.26. The van der Waals surface area contributed by atoms with Crippen molar-refractivity contribution in [2.24, 2.45) is 0 Å². The van der Waals surface area contributed by atoms with Crippen molar-refractivity contribution in [3.63, 3.8) is 0 Å². The number of hydrogen-bond donors (Lipinski definition) is 1. The van der Waals surface area contributed by atoms with Crippen LogP contribution in [0.3, 0.4) is 0 Å². The molecule has 3 rings (SSSR count). The summed E-state index contributed by atoms with van der Waals surface area (Å²) in [6.45, 7) is 3.52. The van der Waals surface area contributed by atoms with Gasteiger partial charge in [0.05, 0.1) is 4.91 Å². The number of nitrogens with zero attached hydrogens (tertiary/aromatic N) is 2. The molecule has 2 heterocycles. The summed E-state index contributed by atoms with van der Waals surface area (Å²) in [5.74, 6) is -1.47. The van der Waals surface area contributed by atoms with Crippen molar-refractivity contribution in [1.82, 2.24) is 9.47 Å². The first-order chi connectivity index (χ1) is 12.3. The molecule has 5 nitrogen and oxygen atoms in total. The van der Waals surface area contributed by atoms with E-state index in [1.807, 2.05) is 44.2 Å². The van der Waals surface area contributed by atoms with Gasteiger partial charge in [-0.2, -0.15) is 0 Å². The third-order valence-electron chi connectivity index (χ3n) is 4.01. The Hall–Kier alpha value is -2.09. The van der Waals surface area contributed by atoms with E-state index in [9.17, 15) is 9.59 Å². The van der Waals surface area contributed by atoms with Crippen LogP contribution in [0, 0.1) is 13.8 Å². The van der Waals surface area contributed by atoms with E-state index in [1.54, 1.807) is 6.08 Å². The number of amides is 1. The monoisotopic (exact) mass is 406 g/mol. The molecule has 0 saturated carbocycles. The quantitative estimate of drug-likeness (QED) is 0.613. The highest BCUT2D eigenvalue weighted by atomic mass is 35.5. The van der Waals surface area contributed by atoms with Crippen LogP contribution in [-0.4, -0.2) is 37.3 Å². The number of rotatable bonds is 4. The van der Waals surface area contributed by atoms with Crippen LogP contribution >= 0.6 is 35.6 Å². The average molecular weight is 407 g/mol. The van der Waals surface area contributed by atoms with Gasteiger partial charge in [-0.3, -0.25) is 14.5 Å². The number of carboxylic acid groups (broad SMARTS) is 1. The molecular weight excluding hydrogens is 392 g/mol. The Labute approximate surface area is 165 Å². The van der Waals surface area contributed by atoms with Gasteiger partial charge >= 0.3 is 5.97 Å². The van der Waals surface area contributed by atoms with Gasteiger partial charge in [-0.05, 0) is 55.8 Å². The van der Waals surface area contributed by atoms with E-state index in [1.165, 1.54) is 0 Å². The fraction of sp³-hybridized carbons (Fsp3) is 0.167. The van der Waals surface area contributed by atoms with E-state index in [0.29, 0.717) is 9.93 Å². The van der Waals surface area contributed by atoms with Crippen molar-refractivity contribution >= 4 is 57.9 Å². The summed E-state index contributed by atoms with van der Waals surface area (Å²) in [5.41, 5.74) is 3.83. The zero-order valence-electron chi connectivity index (χ0n) is 14.0. The van der Waals surface area contributed by atoms with Crippen LogP contribution < -0.4 is 0 Å². The molecule has 0 spiro atoms. The molecule has 1 aliphatic rings. The Morgan fingerprint density at radius 1 is 1.31 bits per heavy atom. The minimum atomic E-state index is -1.09. The lowest BCUT2D eigenvalue weighted by molar-refractivity contribution is -0.140. The maximum atomic E-state index is 12.4. The van der Waals surface area contributed by atoms with Crippen molar-refractivity contribution < 1.29 is 14.7 Å². The Bertz CT molecular complexity index is 948. The van der Waals surface area contributed by atoms with Gasteiger partial charge in [0.1, 0.15) is 10.9 Å². The van der Waals surface area contributed by atoms with Crippen LogP contribution in [0.5, 0.6) is 0 Å². The number of halogens is 1. The molecule has 1 aliphatic heterocycles. The van der Waals surface area contributed by atoms with Gasteiger partial charge in [0.25, 0.3) is 5.91 Å². The maximum absolute atomic E-state index is 12.4. The molecule has 1 aromatic heterocycles. The topological polar surface area (TPSA) is 62.5 Å². The van der Waals surface area contributed by atoms with E-state index in [0.717, 1.165) is 39.3 Å². The van der Waals surface area contributed by atoms with Crippen LogP contribution in [0.25, 0.3) is 11.8 Å². The third kappa shape index (κ3) is 3.56. The molecule has 1 saturated heterocycles. The Morgan fingerprint density at radius 3 is 2.58 bits per heavy atom. The predicted molar refractivity (Wildman–Crippen MR) is 108 cm³/mol. The van der Waals surface area contributed by atoms with Crippen molar-refractivity contribution in [2.45, 2.75) is 13.8 Å². The normalized spacial score (nSPS) is 16.0. The summed E-state index contributed by atoms with van der Waals surface area (Å²) in [6, 6.07) is 9.49. The highest BCUT2D eigenvalue weighted by Gasteiger charge is 2.33. The standard InChI is InChI=1S/C18H15ClN2O3S2/c1-10-7-12(11(2)21(10)14-5-3-13(19)4-6-14)8-15-17(24)20(9-16(22)23)18(25)26-15/h3-8H,9H2,1-2H3,(H,22,23)/b15-8-. The lowest BCUT2D eigenvalue weighted by atomic mass is 10.2. The number of aromatic nitrogens is 1. The van der Waals surface area contributed by atoms with Crippen LogP contribution in [0.15, 0.2) is 35.2 Å². The second-order valence-electron chi connectivity index (χ2n) is 5.80. The smallest absolute Gasteiger partial charge is 0.323 e. The van der Waals surface area contributed by atoms with E-state index in [2.05, 4.69) is 4.57 Å². The molecule has 1 amide bonds. The van der Waals surface area contributed by atoms with Crippen LogP contribution in [0.4, 0.5) is 0 Å². The molecule has 1 aromatic carbocycles. The highest BCUT2D eigenvalue weighted by molar-refractivity contribution is 8.26. The average Bonchev–Trinajstić information content (AvgIpc) is 2.99. The van der Waals surface area contributed by atoms with E-state index in [4.69, 9.17) is 28.9 Å². The highest BCUT2D eigenvalue weighted by Crippen LogP contribution is 2.34. The second-order valence-corrected chi connectivity index (χ2v) is 7.91. The molecule has 1 fully saturated rings. The van der Waals surface area contributed by atoms with Gasteiger partial charge in [-0.25, -0.2) is 0 Å². The molecule has 8 heteroatoms. The van der Waals surface area contributed by atoms with Crippen LogP contribution in [-0.2, 0) is 9.59 Å². The Morgan fingerprint density at radius 2 is 1.96 bits per heavy atom. The number of benzene rings is 1. The number of carboxylic acids is 1. The van der Waals surface area contributed by atoms with E-state index >= 15 is 0 Å². The minimum Gasteiger partial charge on any atom is -0.480 e. The van der Waals surface area contributed by atoms with Gasteiger partial charge in [-0.1, -0.05) is 35.6 Å². The fourth-order valence-electron chi connectivity index (χ4n) is 2.83. The summed E-state index contributed by atoms with van der Waals surface area (Å²) in [7, 11) is 0. The summed E-state index contributed by atoms with van der Waals surface area (Å²) in [6.07, 6.45) is 1.76. The van der Waals surface area contributed by atoms with Crippen molar-refractivity contribution in [2.75, 3.05) is 6.54 Å². The van der Waals surface area contributed by atoms with Gasteiger partial charge in [-0.15, -0.1) is 0 Å². The predicted octanol–water partition coefficient (Wildman–Crippen LogP) is 4.03. The third-order valence-corrected chi connectivity index (χ3v) is 5.64. The summed E-state index contributed by atoms with van der Waals surface area (Å²) >= 11 is 12.2. The molecule has 0 unspecified atom stereocenters. The molecule has 26 heavy (non-hydrogen) atoms. The molecule has 2 aromatic rings. The van der Waals surface area contributed by atoms with Gasteiger partial charge < -0.3 is 9.67 Å². The Kier molecular flexibility index (Phi) is 5.22. The van der Waals surface area contributed by atoms with Gasteiger partial charge in [0, 0.05) is 22.1 Å².